The van der Waals surface area contributed by atoms with Crippen molar-refractivity contribution in [3.8, 4) is 0 Å². The molecule has 1 saturated heterocycles. The van der Waals surface area contributed by atoms with Gasteiger partial charge in [0.05, 0.1) is 6.61 Å². The number of phosphoric ester groups is 1. The zero-order chi connectivity index (χ0) is 22.1. The van der Waals surface area contributed by atoms with E-state index < -0.39 is 52.5 Å². The molecule has 1 aliphatic heterocycles. The van der Waals surface area contributed by atoms with Crippen molar-refractivity contribution in [3.63, 3.8) is 0 Å². The number of nitrogens with zero attached hydrogens (tertiary/aromatic N) is 2. The van der Waals surface area contributed by atoms with Crippen molar-refractivity contribution >= 4 is 21.5 Å². The lowest BCUT2D eigenvalue weighted by Gasteiger charge is -2.18. The monoisotopic (exact) mass is 471 g/mol. The minimum atomic E-state index is -5.31. The fraction of sp³-hybridized carbons (Fsp3) is 0.714. The topological polar surface area (TPSA) is 210 Å². The molecule has 1 aromatic rings. The van der Waals surface area contributed by atoms with Crippen LogP contribution < -0.4 is 11.0 Å². The number of hydrogen-bond acceptors (Lipinski definition) is 10. The molecule has 0 amide bonds. The molecule has 2 fully saturated rings. The van der Waals surface area contributed by atoms with E-state index in [4.69, 9.17) is 14.5 Å². The lowest BCUT2D eigenvalue weighted by atomic mass is 10.1. The molecule has 2 aliphatic rings. The minimum Gasteiger partial charge on any atom is -0.387 e. The summed E-state index contributed by atoms with van der Waals surface area (Å²) < 4.78 is 36.5. The minimum absolute atomic E-state index is 0.231. The average molecular weight is 471 g/mol. The third-order valence-corrected chi connectivity index (χ3v) is 6.91. The molecule has 0 radical (unpaired) electrons. The fourth-order valence-corrected chi connectivity index (χ4v) is 4.99. The van der Waals surface area contributed by atoms with Crippen molar-refractivity contribution in [3.05, 3.63) is 22.7 Å². The van der Waals surface area contributed by atoms with Crippen LogP contribution >= 0.6 is 15.6 Å². The predicted octanol–water partition coefficient (Wildman–Crippen LogP) is -0.557. The van der Waals surface area contributed by atoms with E-state index in [1.165, 1.54) is 12.3 Å². The lowest BCUT2D eigenvalue weighted by Crippen LogP contribution is -2.36. The largest absolute Gasteiger partial charge is 0.481 e. The molecule has 3 rings (SSSR count). The molecule has 170 valence electrons. The molecule has 3 unspecified atom stereocenters. The Morgan fingerprint density at radius 1 is 1.20 bits per heavy atom. The maximum Gasteiger partial charge on any atom is 0.481 e. The maximum absolute atomic E-state index is 12.4. The molecule has 30 heavy (non-hydrogen) atoms. The Morgan fingerprint density at radius 2 is 1.87 bits per heavy atom. The fourth-order valence-electron chi connectivity index (χ4n) is 3.39. The predicted molar refractivity (Wildman–Crippen MR) is 99.2 cm³/mol. The Bertz CT molecular complexity index is 899. The van der Waals surface area contributed by atoms with Crippen LogP contribution in [0.5, 0.6) is 0 Å². The first kappa shape index (κ1) is 23.5. The van der Waals surface area contributed by atoms with Crippen LogP contribution in [0.1, 0.15) is 31.9 Å². The van der Waals surface area contributed by atoms with Crippen LogP contribution in [0.4, 0.5) is 5.82 Å². The van der Waals surface area contributed by atoms with Gasteiger partial charge < -0.3 is 34.9 Å². The van der Waals surface area contributed by atoms with Crippen LogP contribution in [0.3, 0.4) is 0 Å². The Labute approximate surface area is 170 Å². The highest BCUT2D eigenvalue weighted by molar-refractivity contribution is 7.60. The van der Waals surface area contributed by atoms with Crippen LogP contribution in [0, 0.1) is 0 Å². The molecule has 0 aromatic carbocycles. The van der Waals surface area contributed by atoms with Crippen molar-refractivity contribution in [1.82, 2.24) is 9.55 Å². The quantitative estimate of drug-likeness (QED) is 0.263. The van der Waals surface area contributed by atoms with Crippen molar-refractivity contribution in [2.45, 2.75) is 56.3 Å². The zero-order valence-electron chi connectivity index (χ0n) is 15.6. The summed E-state index contributed by atoms with van der Waals surface area (Å²) in [7, 11) is -10.5. The maximum atomic E-state index is 12.4. The molecule has 1 aliphatic carbocycles. The first-order chi connectivity index (χ1) is 14.0. The number of aliphatic hydroxyl groups is 2. The summed E-state index contributed by atoms with van der Waals surface area (Å²) in [6.07, 6.45) is -0.530. The van der Waals surface area contributed by atoms with E-state index in [1.54, 1.807) is 0 Å². The van der Waals surface area contributed by atoms with E-state index in [9.17, 15) is 29.0 Å². The molecule has 14 nitrogen and oxygen atoms in total. The number of hydrogen-bond donors (Lipinski definition) is 6. The second-order valence-electron chi connectivity index (χ2n) is 7.01. The van der Waals surface area contributed by atoms with Crippen molar-refractivity contribution in [2.75, 3.05) is 11.9 Å². The second kappa shape index (κ2) is 9.13. The highest BCUT2D eigenvalue weighted by atomic mass is 31.3. The van der Waals surface area contributed by atoms with Gasteiger partial charge in [-0.1, -0.05) is 12.8 Å². The van der Waals surface area contributed by atoms with Crippen LogP contribution in [0.2, 0.25) is 0 Å². The van der Waals surface area contributed by atoms with Crippen molar-refractivity contribution < 1.29 is 47.6 Å². The Balaban J connectivity index is 1.65. The van der Waals surface area contributed by atoms with Crippen LogP contribution in [-0.2, 0) is 22.7 Å². The van der Waals surface area contributed by atoms with E-state index >= 15 is 0 Å². The summed E-state index contributed by atoms with van der Waals surface area (Å²) in [5.74, 6) is 0.367. The van der Waals surface area contributed by atoms with Gasteiger partial charge in [0.1, 0.15) is 24.1 Å². The summed E-state index contributed by atoms with van der Waals surface area (Å²) >= 11 is 0. The second-order valence-corrected chi connectivity index (χ2v) is 9.84. The smallest absolute Gasteiger partial charge is 0.387 e. The average Bonchev–Trinajstić information content (AvgIpc) is 3.21. The van der Waals surface area contributed by atoms with Crippen molar-refractivity contribution in [1.29, 1.82) is 0 Å². The summed E-state index contributed by atoms with van der Waals surface area (Å²) in [5.41, 5.74) is -0.756. The number of aromatic nitrogens is 2. The van der Waals surface area contributed by atoms with Gasteiger partial charge in [0.15, 0.2) is 6.23 Å². The molecule has 0 bridgehead atoms. The highest BCUT2D eigenvalue weighted by Gasteiger charge is 2.45. The standard InChI is InChI=1S/C14H23N3O11P2/c18-11-9(7-26-30(24,25)28-29(21,22)23)27-13(12(11)19)17-6-5-10(16-14(17)20)15-8-3-1-2-4-8/h5-6,8-9,11-13,18-19H,1-4,7H2,(H,24,25)(H,15,16,20)(H2,21,22,23)/t9-,11?,12?,13-/m1/s1. The van der Waals surface area contributed by atoms with Gasteiger partial charge in [-0.05, 0) is 18.9 Å². The molecule has 16 heteroatoms. The number of nitrogens with one attached hydrogen (secondary N) is 1. The van der Waals surface area contributed by atoms with Crippen LogP contribution in [0.25, 0.3) is 0 Å². The van der Waals surface area contributed by atoms with Gasteiger partial charge in [-0.15, -0.1) is 0 Å². The Morgan fingerprint density at radius 3 is 2.47 bits per heavy atom. The molecular formula is C14H23N3O11P2. The molecule has 5 atom stereocenters. The summed E-state index contributed by atoms with van der Waals surface area (Å²) in [4.78, 5) is 42.7. The van der Waals surface area contributed by atoms with Crippen molar-refractivity contribution in [2.24, 2.45) is 0 Å². The van der Waals surface area contributed by atoms with E-state index in [0.29, 0.717) is 5.82 Å². The van der Waals surface area contributed by atoms with Gasteiger partial charge in [0.2, 0.25) is 0 Å². The third-order valence-electron chi connectivity index (χ3n) is 4.76. The zero-order valence-corrected chi connectivity index (χ0v) is 17.3. The number of phosphoric acid groups is 2. The van der Waals surface area contributed by atoms with Gasteiger partial charge in [-0.3, -0.25) is 9.09 Å². The third kappa shape index (κ3) is 5.95. The molecule has 1 saturated carbocycles. The number of anilines is 1. The molecule has 2 heterocycles. The van der Waals surface area contributed by atoms with E-state index in [1.807, 2.05) is 0 Å². The first-order valence-electron chi connectivity index (χ1n) is 9.07. The SMILES string of the molecule is O=c1nc(NC2CCCC2)ccn1[C@@H]1O[C@H](COP(=O)(O)OP(=O)(O)O)C(O)C1O. The normalized spacial score (nSPS) is 29.8. The van der Waals surface area contributed by atoms with Gasteiger partial charge >= 0.3 is 21.3 Å². The van der Waals surface area contributed by atoms with Crippen LogP contribution in [0.15, 0.2) is 17.1 Å². The Kier molecular flexibility index (Phi) is 7.15. The number of ether oxygens (including phenoxy) is 1. The summed E-state index contributed by atoms with van der Waals surface area (Å²) in [6.45, 7) is -0.855. The molecule has 6 N–H and O–H groups in total. The number of rotatable bonds is 8. The molecular weight excluding hydrogens is 448 g/mol. The molecule has 0 spiro atoms. The molecule has 1 aromatic heterocycles. The van der Waals surface area contributed by atoms with E-state index in [2.05, 4.69) is 19.1 Å². The summed E-state index contributed by atoms with van der Waals surface area (Å²) in [6, 6.07) is 1.75. The lowest BCUT2D eigenvalue weighted by molar-refractivity contribution is -0.0541. The first-order valence-corrected chi connectivity index (χ1v) is 12.1. The van der Waals surface area contributed by atoms with Gasteiger partial charge in [0, 0.05) is 12.2 Å². The van der Waals surface area contributed by atoms with Gasteiger partial charge in [0.25, 0.3) is 0 Å². The summed E-state index contributed by atoms with van der Waals surface area (Å²) in [5, 5.41) is 23.4. The van der Waals surface area contributed by atoms with Gasteiger partial charge in [-0.25, -0.2) is 13.9 Å². The van der Waals surface area contributed by atoms with Gasteiger partial charge in [-0.2, -0.15) is 9.29 Å². The number of aliphatic hydroxyl groups excluding tert-OH is 2. The Hall–Kier alpha value is -1.18. The van der Waals surface area contributed by atoms with E-state index in [0.717, 1.165) is 30.3 Å². The van der Waals surface area contributed by atoms with Crippen LogP contribution in [-0.4, -0.2) is 65.4 Å². The van der Waals surface area contributed by atoms with E-state index in [-0.39, 0.29) is 6.04 Å². The highest BCUT2D eigenvalue weighted by Crippen LogP contribution is 2.57.